The largest absolute Gasteiger partial charge is 0.497 e. The average Bonchev–Trinajstić information content (AvgIpc) is 3.22. The van der Waals surface area contributed by atoms with E-state index in [1.165, 1.54) is 25.6 Å². The second kappa shape index (κ2) is 8.80. The lowest BCUT2D eigenvalue weighted by Crippen LogP contribution is -2.27. The summed E-state index contributed by atoms with van der Waals surface area (Å²) >= 11 is 1.39. The van der Waals surface area contributed by atoms with Crippen LogP contribution < -0.4 is 19.8 Å². The maximum atomic E-state index is 13.1. The Hall–Kier alpha value is -3.72. The van der Waals surface area contributed by atoms with E-state index in [9.17, 15) is 9.59 Å². The molecule has 0 bridgehead atoms. The zero-order chi connectivity index (χ0) is 22.8. The number of hydrogen-bond acceptors (Lipinski definition) is 8. The third kappa shape index (κ3) is 3.94. The number of benzene rings is 2. The van der Waals surface area contributed by atoms with E-state index in [1.54, 1.807) is 25.3 Å². The van der Waals surface area contributed by atoms with Gasteiger partial charge in [0.2, 0.25) is 0 Å². The van der Waals surface area contributed by atoms with Gasteiger partial charge in [-0.25, -0.2) is 9.67 Å². The molecule has 0 unspecified atom stereocenters. The van der Waals surface area contributed by atoms with Crippen molar-refractivity contribution >= 4 is 27.3 Å². The predicted octanol–water partition coefficient (Wildman–Crippen LogP) is 3.74. The fourth-order valence-corrected chi connectivity index (χ4v) is 4.29. The van der Waals surface area contributed by atoms with Crippen LogP contribution in [0.4, 0.5) is 0 Å². The van der Waals surface area contributed by atoms with Crippen LogP contribution in [0.1, 0.15) is 15.4 Å². The zero-order valence-electron chi connectivity index (χ0n) is 18.0. The Kier molecular flexibility index (Phi) is 5.91. The highest BCUT2D eigenvalue weighted by atomic mass is 32.1. The van der Waals surface area contributed by atoms with E-state index in [1.807, 2.05) is 31.2 Å². The third-order valence-corrected chi connectivity index (χ3v) is 5.93. The first-order chi connectivity index (χ1) is 15.4. The molecule has 9 heteroatoms. The molecule has 4 aromatic rings. The molecule has 2 aromatic carbocycles. The first kappa shape index (κ1) is 21.5. The van der Waals surface area contributed by atoms with Crippen molar-refractivity contribution in [2.24, 2.45) is 0 Å². The van der Waals surface area contributed by atoms with Crippen molar-refractivity contribution in [3.05, 3.63) is 63.4 Å². The molecule has 2 heterocycles. The minimum absolute atomic E-state index is 0.238. The summed E-state index contributed by atoms with van der Waals surface area (Å²) < 4.78 is 17.7. The normalized spacial score (nSPS) is 10.9. The van der Waals surface area contributed by atoms with Crippen LogP contribution in [0, 0.1) is 6.92 Å². The van der Waals surface area contributed by atoms with E-state index >= 15 is 0 Å². The molecule has 0 aliphatic rings. The Morgan fingerprint density at radius 3 is 2.53 bits per heavy atom. The SMILES string of the molecule is COc1cccc(-c2nn(CC(=O)c3ccc(OC)c(OC)c3)c(=O)c3nc(C)sc23)c1. The quantitative estimate of drug-likeness (QED) is 0.395. The molecule has 0 spiro atoms. The molecule has 0 N–H and O–H groups in total. The van der Waals surface area contributed by atoms with Crippen LogP contribution in [0.5, 0.6) is 17.2 Å². The molecule has 0 fully saturated rings. The molecule has 0 amide bonds. The lowest BCUT2D eigenvalue weighted by Gasteiger charge is -2.11. The Morgan fingerprint density at radius 1 is 1.03 bits per heavy atom. The minimum Gasteiger partial charge on any atom is -0.497 e. The highest BCUT2D eigenvalue weighted by molar-refractivity contribution is 7.19. The van der Waals surface area contributed by atoms with Crippen LogP contribution in [0.25, 0.3) is 21.5 Å². The topological polar surface area (TPSA) is 92.5 Å². The first-order valence-corrected chi connectivity index (χ1v) is 10.5. The van der Waals surface area contributed by atoms with Crippen molar-refractivity contribution in [3.63, 3.8) is 0 Å². The van der Waals surface area contributed by atoms with Crippen molar-refractivity contribution < 1.29 is 19.0 Å². The van der Waals surface area contributed by atoms with Gasteiger partial charge in [-0.05, 0) is 37.3 Å². The van der Waals surface area contributed by atoms with Gasteiger partial charge in [-0.2, -0.15) is 5.10 Å². The molecule has 0 saturated carbocycles. The van der Waals surface area contributed by atoms with Gasteiger partial charge in [-0.3, -0.25) is 9.59 Å². The fraction of sp³-hybridized carbons (Fsp3) is 0.217. The number of methoxy groups -OCH3 is 3. The van der Waals surface area contributed by atoms with Crippen molar-refractivity contribution in [2.75, 3.05) is 21.3 Å². The maximum absolute atomic E-state index is 13.1. The number of aryl methyl sites for hydroxylation is 1. The van der Waals surface area contributed by atoms with E-state index in [-0.39, 0.29) is 12.3 Å². The molecular formula is C23H21N3O5S. The number of nitrogens with zero attached hydrogens (tertiary/aromatic N) is 3. The summed E-state index contributed by atoms with van der Waals surface area (Å²) in [7, 11) is 4.60. The van der Waals surface area contributed by atoms with Gasteiger partial charge >= 0.3 is 0 Å². The molecule has 32 heavy (non-hydrogen) atoms. The van der Waals surface area contributed by atoms with E-state index in [0.717, 1.165) is 15.3 Å². The van der Waals surface area contributed by atoms with Gasteiger partial charge in [0.05, 0.1) is 31.0 Å². The van der Waals surface area contributed by atoms with E-state index < -0.39 is 5.56 Å². The van der Waals surface area contributed by atoms with Gasteiger partial charge in [-0.1, -0.05) is 12.1 Å². The fourth-order valence-electron chi connectivity index (χ4n) is 3.37. The van der Waals surface area contributed by atoms with Crippen LogP contribution in [0.15, 0.2) is 47.3 Å². The van der Waals surface area contributed by atoms with Crippen LogP contribution in [0.2, 0.25) is 0 Å². The summed E-state index contributed by atoms with van der Waals surface area (Å²) in [6.07, 6.45) is 0. The average molecular weight is 452 g/mol. The number of thiazole rings is 1. The van der Waals surface area contributed by atoms with Crippen LogP contribution in [-0.4, -0.2) is 41.9 Å². The molecule has 4 rings (SSSR count). The Balaban J connectivity index is 1.80. The van der Waals surface area contributed by atoms with Gasteiger partial charge in [-0.15, -0.1) is 11.3 Å². The highest BCUT2D eigenvalue weighted by Crippen LogP contribution is 2.31. The molecule has 0 aliphatic heterocycles. The van der Waals surface area contributed by atoms with Gasteiger partial charge in [0.25, 0.3) is 5.56 Å². The Morgan fingerprint density at radius 2 is 1.81 bits per heavy atom. The zero-order valence-corrected chi connectivity index (χ0v) is 18.9. The molecule has 0 radical (unpaired) electrons. The van der Waals surface area contributed by atoms with Gasteiger partial charge < -0.3 is 14.2 Å². The number of carbonyl (C=O) groups is 1. The number of Topliss-reactive ketones (excluding diaryl/α,β-unsaturated/α-hetero) is 1. The first-order valence-electron chi connectivity index (χ1n) is 9.73. The molecule has 164 valence electrons. The number of rotatable bonds is 7. The molecule has 8 nitrogen and oxygen atoms in total. The second-order valence-corrected chi connectivity index (χ2v) is 8.15. The number of hydrogen-bond donors (Lipinski definition) is 0. The van der Waals surface area contributed by atoms with Crippen LogP contribution in [0.3, 0.4) is 0 Å². The van der Waals surface area contributed by atoms with Gasteiger partial charge in [0.15, 0.2) is 22.8 Å². The number of ketones is 1. The highest BCUT2D eigenvalue weighted by Gasteiger charge is 2.19. The molecular weight excluding hydrogens is 430 g/mol. The molecule has 2 aromatic heterocycles. The smallest absolute Gasteiger partial charge is 0.294 e. The van der Waals surface area contributed by atoms with Crippen molar-refractivity contribution in [1.29, 1.82) is 0 Å². The monoisotopic (exact) mass is 451 g/mol. The van der Waals surface area contributed by atoms with E-state index in [2.05, 4.69) is 10.1 Å². The summed E-state index contributed by atoms with van der Waals surface area (Å²) in [4.78, 5) is 30.4. The van der Waals surface area contributed by atoms with Crippen LogP contribution >= 0.6 is 11.3 Å². The number of carbonyl (C=O) groups excluding carboxylic acids is 1. The summed E-state index contributed by atoms with van der Waals surface area (Å²) in [6.45, 7) is 1.59. The lowest BCUT2D eigenvalue weighted by molar-refractivity contribution is 0.0965. The molecule has 0 atom stereocenters. The van der Waals surface area contributed by atoms with E-state index in [0.29, 0.717) is 38.7 Å². The van der Waals surface area contributed by atoms with Crippen molar-refractivity contribution in [3.8, 4) is 28.5 Å². The third-order valence-electron chi connectivity index (χ3n) is 4.95. The standard InChI is InChI=1S/C23H21N3O5S/c1-13-24-21-22(32-13)20(15-6-5-7-16(10-15)29-2)25-26(23(21)28)12-17(27)14-8-9-18(30-3)19(11-14)31-4/h5-11H,12H2,1-4H3. The van der Waals surface area contributed by atoms with Crippen LogP contribution in [-0.2, 0) is 6.54 Å². The number of fused-ring (bicyclic) bond motifs is 1. The summed E-state index contributed by atoms with van der Waals surface area (Å²) in [5.74, 6) is 1.32. The maximum Gasteiger partial charge on any atom is 0.294 e. The predicted molar refractivity (Wildman–Crippen MR) is 122 cm³/mol. The van der Waals surface area contributed by atoms with Crippen molar-refractivity contribution in [2.45, 2.75) is 13.5 Å². The summed E-state index contributed by atoms with van der Waals surface area (Å²) in [5, 5.41) is 5.29. The van der Waals surface area contributed by atoms with Crippen molar-refractivity contribution in [1.82, 2.24) is 14.8 Å². The molecule has 0 saturated heterocycles. The van der Waals surface area contributed by atoms with E-state index in [4.69, 9.17) is 14.2 Å². The second-order valence-electron chi connectivity index (χ2n) is 6.95. The Labute approximate surface area is 188 Å². The number of ether oxygens (including phenoxy) is 3. The summed E-state index contributed by atoms with van der Waals surface area (Å²) in [6, 6.07) is 12.3. The van der Waals surface area contributed by atoms with Gasteiger partial charge in [0, 0.05) is 11.1 Å². The molecule has 0 aliphatic carbocycles. The van der Waals surface area contributed by atoms with Gasteiger partial charge in [0.1, 0.15) is 18.0 Å². The lowest BCUT2D eigenvalue weighted by atomic mass is 10.1. The summed E-state index contributed by atoms with van der Waals surface area (Å²) in [5.41, 5.74) is 1.61. The number of aromatic nitrogens is 3. The minimum atomic E-state index is -0.412. The Bertz CT molecular complexity index is 1380.